The maximum Gasteiger partial charge on any atom is 0.0702 e. The molecule has 0 saturated heterocycles. The highest BCUT2D eigenvalue weighted by molar-refractivity contribution is 5.78. The number of nitrogens with two attached hydrogens (primary N) is 1. The molecule has 1 aromatic carbocycles. The van der Waals surface area contributed by atoms with Crippen molar-refractivity contribution in [3.05, 3.63) is 42.1 Å². The van der Waals surface area contributed by atoms with E-state index in [0.29, 0.717) is 5.41 Å². The van der Waals surface area contributed by atoms with Crippen molar-refractivity contribution in [3.63, 3.8) is 0 Å². The van der Waals surface area contributed by atoms with Crippen LogP contribution in [-0.2, 0) is 6.42 Å². The normalized spacial score (nSPS) is 17.6. The lowest BCUT2D eigenvalue weighted by Gasteiger charge is -2.11. The van der Waals surface area contributed by atoms with Crippen LogP contribution in [0.5, 0.6) is 0 Å². The summed E-state index contributed by atoms with van der Waals surface area (Å²) in [5.74, 6) is 0. The predicted molar refractivity (Wildman–Crippen MR) is 66.2 cm³/mol. The molecule has 0 atom stereocenters. The Kier molecular flexibility index (Phi) is 2.18. The van der Waals surface area contributed by atoms with E-state index < -0.39 is 0 Å². The first kappa shape index (κ1) is 9.79. The molecule has 2 heteroatoms. The number of pyridine rings is 1. The Morgan fingerprint density at radius 2 is 2.06 bits per heavy atom. The van der Waals surface area contributed by atoms with Crippen molar-refractivity contribution in [2.24, 2.45) is 11.1 Å². The second kappa shape index (κ2) is 3.56. The summed E-state index contributed by atoms with van der Waals surface area (Å²) in [4.78, 5) is 4.49. The van der Waals surface area contributed by atoms with E-state index in [-0.39, 0.29) is 0 Å². The molecule has 2 N–H and O–H groups in total. The zero-order valence-corrected chi connectivity index (χ0v) is 9.32. The van der Waals surface area contributed by atoms with Gasteiger partial charge in [-0.3, -0.25) is 4.98 Å². The fourth-order valence-electron chi connectivity index (χ4n) is 2.28. The summed E-state index contributed by atoms with van der Waals surface area (Å²) < 4.78 is 0. The predicted octanol–water partition coefficient (Wildman–Crippen LogP) is 2.52. The first-order valence-electron chi connectivity index (χ1n) is 5.85. The van der Waals surface area contributed by atoms with Gasteiger partial charge in [0.1, 0.15) is 0 Å². The highest BCUT2D eigenvalue weighted by Crippen LogP contribution is 2.47. The van der Waals surface area contributed by atoms with Crippen LogP contribution in [0.15, 0.2) is 36.5 Å². The molecular weight excluding hydrogens is 196 g/mol. The van der Waals surface area contributed by atoms with Crippen molar-refractivity contribution in [2.45, 2.75) is 19.3 Å². The van der Waals surface area contributed by atoms with Gasteiger partial charge in [-0.15, -0.1) is 0 Å². The highest BCUT2D eigenvalue weighted by atomic mass is 14.7. The minimum Gasteiger partial charge on any atom is -0.330 e. The molecule has 2 nitrogen and oxygen atoms in total. The molecule has 0 aliphatic heterocycles. The smallest absolute Gasteiger partial charge is 0.0702 e. The summed E-state index contributed by atoms with van der Waals surface area (Å²) in [6.07, 6.45) is 5.63. The molecule has 1 heterocycles. The van der Waals surface area contributed by atoms with Crippen molar-refractivity contribution in [1.82, 2.24) is 4.98 Å². The van der Waals surface area contributed by atoms with E-state index in [1.165, 1.54) is 23.8 Å². The average molecular weight is 212 g/mol. The third-order valence-electron chi connectivity index (χ3n) is 3.62. The molecule has 0 amide bonds. The van der Waals surface area contributed by atoms with Gasteiger partial charge in [-0.25, -0.2) is 0 Å². The molecule has 0 unspecified atom stereocenters. The number of para-hydroxylation sites is 1. The lowest BCUT2D eigenvalue weighted by atomic mass is 9.97. The van der Waals surface area contributed by atoms with Crippen LogP contribution >= 0.6 is 0 Å². The molecule has 1 aromatic heterocycles. The van der Waals surface area contributed by atoms with Gasteiger partial charge in [-0.1, -0.05) is 18.2 Å². The second-order valence-electron chi connectivity index (χ2n) is 4.92. The first-order chi connectivity index (χ1) is 7.81. The van der Waals surface area contributed by atoms with Crippen LogP contribution in [0.25, 0.3) is 10.9 Å². The Hall–Kier alpha value is -1.41. The molecular formula is C14H16N2. The Labute approximate surface area is 95.5 Å². The van der Waals surface area contributed by atoms with E-state index in [9.17, 15) is 0 Å². The van der Waals surface area contributed by atoms with E-state index in [1.54, 1.807) is 0 Å². The molecule has 16 heavy (non-hydrogen) atoms. The van der Waals surface area contributed by atoms with Crippen molar-refractivity contribution in [1.29, 1.82) is 0 Å². The van der Waals surface area contributed by atoms with Crippen LogP contribution in [0.2, 0.25) is 0 Å². The number of rotatable bonds is 3. The summed E-state index contributed by atoms with van der Waals surface area (Å²) in [6.45, 7) is 0.805. The van der Waals surface area contributed by atoms with Crippen molar-refractivity contribution in [3.8, 4) is 0 Å². The van der Waals surface area contributed by atoms with Gasteiger partial charge in [-0.2, -0.15) is 0 Å². The largest absolute Gasteiger partial charge is 0.330 e. The molecule has 1 aliphatic carbocycles. The van der Waals surface area contributed by atoms with E-state index in [1.807, 2.05) is 12.3 Å². The van der Waals surface area contributed by atoms with Crippen LogP contribution in [0.3, 0.4) is 0 Å². The molecule has 1 saturated carbocycles. The first-order valence-corrected chi connectivity index (χ1v) is 5.85. The standard InChI is InChI=1S/C14H16N2/c15-10-14(5-6-14)8-11-7-12-3-1-2-4-13(12)16-9-11/h1-4,7,9H,5-6,8,10,15H2. The van der Waals surface area contributed by atoms with E-state index >= 15 is 0 Å². The van der Waals surface area contributed by atoms with Gasteiger partial charge in [0.2, 0.25) is 0 Å². The van der Waals surface area contributed by atoms with Crippen LogP contribution in [0.4, 0.5) is 0 Å². The number of hydrogen-bond donors (Lipinski definition) is 1. The quantitative estimate of drug-likeness (QED) is 0.849. The number of aromatic nitrogens is 1. The SMILES string of the molecule is NCC1(Cc2cnc3ccccc3c2)CC1. The Morgan fingerprint density at radius 3 is 2.81 bits per heavy atom. The lowest BCUT2D eigenvalue weighted by Crippen LogP contribution is -2.17. The minimum absolute atomic E-state index is 0.393. The van der Waals surface area contributed by atoms with Crippen LogP contribution in [0, 0.1) is 5.41 Å². The van der Waals surface area contributed by atoms with E-state index in [4.69, 9.17) is 5.73 Å². The Morgan fingerprint density at radius 1 is 1.25 bits per heavy atom. The number of benzene rings is 1. The van der Waals surface area contributed by atoms with Gasteiger partial charge >= 0.3 is 0 Å². The highest BCUT2D eigenvalue weighted by Gasteiger charge is 2.40. The Bertz CT molecular complexity index is 515. The molecule has 0 spiro atoms. The van der Waals surface area contributed by atoms with Crippen LogP contribution in [-0.4, -0.2) is 11.5 Å². The molecule has 0 radical (unpaired) electrons. The van der Waals surface area contributed by atoms with Gasteiger partial charge < -0.3 is 5.73 Å². The minimum atomic E-state index is 0.393. The Balaban J connectivity index is 1.93. The third-order valence-corrected chi connectivity index (χ3v) is 3.62. The fourth-order valence-corrected chi connectivity index (χ4v) is 2.28. The van der Waals surface area contributed by atoms with Crippen molar-refractivity contribution in [2.75, 3.05) is 6.54 Å². The molecule has 0 bridgehead atoms. The van der Waals surface area contributed by atoms with Crippen molar-refractivity contribution >= 4 is 10.9 Å². The zero-order valence-electron chi connectivity index (χ0n) is 9.32. The van der Waals surface area contributed by atoms with Gasteiger partial charge in [0.05, 0.1) is 5.52 Å². The van der Waals surface area contributed by atoms with Crippen LogP contribution in [0.1, 0.15) is 18.4 Å². The summed E-state index contributed by atoms with van der Waals surface area (Å²) in [6, 6.07) is 10.5. The number of nitrogens with zero attached hydrogens (tertiary/aromatic N) is 1. The molecule has 2 aromatic rings. The molecule has 1 aliphatic rings. The van der Waals surface area contributed by atoms with E-state index in [0.717, 1.165) is 18.5 Å². The average Bonchev–Trinajstić information content (AvgIpc) is 3.09. The summed E-state index contributed by atoms with van der Waals surface area (Å²) >= 11 is 0. The van der Waals surface area contributed by atoms with Crippen molar-refractivity contribution < 1.29 is 0 Å². The van der Waals surface area contributed by atoms with Gasteiger partial charge in [0.25, 0.3) is 0 Å². The number of fused-ring (bicyclic) bond motifs is 1. The van der Waals surface area contributed by atoms with Gasteiger partial charge in [-0.05, 0) is 48.9 Å². The molecule has 82 valence electrons. The maximum absolute atomic E-state index is 5.81. The summed E-state index contributed by atoms with van der Waals surface area (Å²) in [5.41, 5.74) is 8.60. The second-order valence-corrected chi connectivity index (χ2v) is 4.92. The fraction of sp³-hybridized carbons (Fsp3) is 0.357. The summed E-state index contributed by atoms with van der Waals surface area (Å²) in [5, 5.41) is 1.23. The summed E-state index contributed by atoms with van der Waals surface area (Å²) in [7, 11) is 0. The maximum atomic E-state index is 5.81. The molecule has 3 rings (SSSR count). The topological polar surface area (TPSA) is 38.9 Å². The van der Waals surface area contributed by atoms with Gasteiger partial charge in [0, 0.05) is 11.6 Å². The zero-order chi connectivity index (χ0) is 11.0. The monoisotopic (exact) mass is 212 g/mol. The lowest BCUT2D eigenvalue weighted by molar-refractivity contribution is 0.520. The van der Waals surface area contributed by atoms with Crippen LogP contribution < -0.4 is 5.73 Å². The van der Waals surface area contributed by atoms with Gasteiger partial charge in [0.15, 0.2) is 0 Å². The number of hydrogen-bond acceptors (Lipinski definition) is 2. The third kappa shape index (κ3) is 1.69. The molecule has 1 fully saturated rings. The van der Waals surface area contributed by atoms with E-state index in [2.05, 4.69) is 29.2 Å².